The van der Waals surface area contributed by atoms with E-state index in [0.29, 0.717) is 6.42 Å². The van der Waals surface area contributed by atoms with Crippen LogP contribution in [0.25, 0.3) is 33.2 Å². The molecule has 0 aliphatic heterocycles. The summed E-state index contributed by atoms with van der Waals surface area (Å²) in [5.41, 5.74) is 7.52. The molecule has 3 aromatic carbocycles. The zero-order valence-electron chi connectivity index (χ0n) is 18.4. The Morgan fingerprint density at radius 2 is 1.66 bits per heavy atom. The first kappa shape index (κ1) is 24.3. The fraction of sp³-hybridized carbons (Fsp3) is 0.250. The molecule has 1 heterocycles. The summed E-state index contributed by atoms with van der Waals surface area (Å²) < 4.78 is 0. The maximum atomic E-state index is 8.56. The molecular formula is C28H28IrNO2-. The van der Waals surface area contributed by atoms with Crippen LogP contribution in [0.5, 0.6) is 0 Å². The third-order valence-electron chi connectivity index (χ3n) is 5.61. The van der Waals surface area contributed by atoms with Gasteiger partial charge in [0.25, 0.3) is 0 Å². The number of aromatic nitrogens is 1. The summed E-state index contributed by atoms with van der Waals surface area (Å²) in [5, 5.41) is 19.7. The van der Waals surface area contributed by atoms with Gasteiger partial charge in [-0.1, -0.05) is 54.4 Å². The number of fused-ring (bicyclic) bond motifs is 5. The molecule has 32 heavy (non-hydrogen) atoms. The van der Waals surface area contributed by atoms with Crippen LogP contribution >= 0.6 is 0 Å². The molecule has 1 aromatic heterocycles. The molecule has 0 bridgehead atoms. The molecule has 2 unspecified atom stereocenters. The number of aryl methyl sites for hydroxylation is 2. The van der Waals surface area contributed by atoms with Gasteiger partial charge in [-0.3, -0.25) is 0 Å². The van der Waals surface area contributed by atoms with Crippen molar-refractivity contribution in [3.8, 4) is 22.4 Å². The van der Waals surface area contributed by atoms with Gasteiger partial charge in [0.1, 0.15) is 0 Å². The van der Waals surface area contributed by atoms with E-state index in [0.717, 1.165) is 18.5 Å². The molecule has 0 amide bonds. The minimum absolute atomic E-state index is 0. The van der Waals surface area contributed by atoms with Crippen molar-refractivity contribution in [3.05, 3.63) is 90.1 Å². The van der Waals surface area contributed by atoms with E-state index in [1.54, 1.807) is 13.8 Å². The summed E-state index contributed by atoms with van der Waals surface area (Å²) in [6.07, 6.45) is 3.83. The monoisotopic (exact) mass is 603 g/mol. The second-order valence-corrected chi connectivity index (χ2v) is 8.26. The van der Waals surface area contributed by atoms with Crippen molar-refractivity contribution in [2.45, 2.75) is 45.3 Å². The van der Waals surface area contributed by atoms with Crippen molar-refractivity contribution < 1.29 is 30.3 Å². The van der Waals surface area contributed by atoms with Gasteiger partial charge >= 0.3 is 0 Å². The molecule has 1 radical (unpaired) electrons. The van der Waals surface area contributed by atoms with Crippen LogP contribution in [-0.2, 0) is 32.9 Å². The molecule has 0 spiro atoms. The first-order valence-corrected chi connectivity index (χ1v) is 10.9. The predicted molar refractivity (Wildman–Crippen MR) is 127 cm³/mol. The Labute approximate surface area is 203 Å². The third-order valence-corrected chi connectivity index (χ3v) is 5.61. The van der Waals surface area contributed by atoms with Crippen molar-refractivity contribution >= 4 is 10.8 Å². The molecule has 0 saturated heterocycles. The van der Waals surface area contributed by atoms with E-state index in [9.17, 15) is 0 Å². The fourth-order valence-corrected chi connectivity index (χ4v) is 4.20. The van der Waals surface area contributed by atoms with Crippen LogP contribution in [0.15, 0.2) is 72.9 Å². The van der Waals surface area contributed by atoms with Crippen LogP contribution in [0.2, 0.25) is 0 Å². The summed E-state index contributed by atoms with van der Waals surface area (Å²) in [6.45, 7) is 3.32. The molecule has 1 aliphatic carbocycles. The standard InChI is InChI=1S/C23H16N.C5H12O2.Ir/c1-2-6-16(7-3-1)18-10-11-19-15-24-23-20-9-5-4-8-17(20)12-13-21(23)22(19)14-18;1-4(6)3-5(2)7;/h1-8,10-11,14-15H,12-13H2;4-7H,3H2,1-2H3;/q-1;;. The average molecular weight is 603 g/mol. The number of benzene rings is 3. The van der Waals surface area contributed by atoms with Crippen molar-refractivity contribution in [1.82, 2.24) is 4.98 Å². The van der Waals surface area contributed by atoms with Crippen molar-refractivity contribution in [2.24, 2.45) is 0 Å². The van der Waals surface area contributed by atoms with Gasteiger partial charge in [0.15, 0.2) is 0 Å². The van der Waals surface area contributed by atoms with Gasteiger partial charge in [0.2, 0.25) is 0 Å². The van der Waals surface area contributed by atoms with Crippen molar-refractivity contribution in [2.75, 3.05) is 0 Å². The minimum atomic E-state index is -0.375. The quantitative estimate of drug-likeness (QED) is 0.300. The maximum Gasteiger partial charge on any atom is 0.0536 e. The summed E-state index contributed by atoms with van der Waals surface area (Å²) in [7, 11) is 0. The first-order chi connectivity index (χ1) is 15.0. The molecule has 5 rings (SSSR count). The molecule has 0 fully saturated rings. The van der Waals surface area contributed by atoms with Crippen LogP contribution < -0.4 is 0 Å². The summed E-state index contributed by atoms with van der Waals surface area (Å²) in [6, 6.07) is 26.9. The SMILES string of the molecule is CC(O)CC(C)O.[Ir].[c-]1cccc2c1-c1ncc3ccc(-c4ccccc4)cc3c1CC2. The second-order valence-electron chi connectivity index (χ2n) is 8.26. The van der Waals surface area contributed by atoms with Crippen LogP contribution in [0.4, 0.5) is 0 Å². The van der Waals surface area contributed by atoms with Gasteiger partial charge in [-0.15, -0.1) is 35.4 Å². The summed E-state index contributed by atoms with van der Waals surface area (Å²) >= 11 is 0. The Balaban J connectivity index is 0.000000318. The number of pyridine rings is 1. The topological polar surface area (TPSA) is 53.4 Å². The van der Waals surface area contributed by atoms with Crippen LogP contribution in [-0.4, -0.2) is 27.4 Å². The van der Waals surface area contributed by atoms with Crippen molar-refractivity contribution in [1.29, 1.82) is 0 Å². The zero-order valence-corrected chi connectivity index (χ0v) is 20.8. The number of hydrogen-bond donors (Lipinski definition) is 2. The summed E-state index contributed by atoms with van der Waals surface area (Å²) in [4.78, 5) is 4.76. The molecule has 4 aromatic rings. The van der Waals surface area contributed by atoms with Crippen LogP contribution in [0, 0.1) is 6.07 Å². The minimum Gasteiger partial charge on any atom is -0.393 e. The second kappa shape index (κ2) is 11.0. The molecule has 2 N–H and O–H groups in total. The Morgan fingerprint density at radius 3 is 2.34 bits per heavy atom. The molecule has 2 atom stereocenters. The summed E-state index contributed by atoms with van der Waals surface area (Å²) in [5.74, 6) is 0. The van der Waals surface area contributed by atoms with Gasteiger partial charge < -0.3 is 15.2 Å². The Hall–Kier alpha value is -2.36. The van der Waals surface area contributed by atoms with Crippen LogP contribution in [0.1, 0.15) is 31.4 Å². The fourth-order valence-electron chi connectivity index (χ4n) is 4.20. The Morgan fingerprint density at radius 1 is 0.906 bits per heavy atom. The number of nitrogens with zero attached hydrogens (tertiary/aromatic N) is 1. The normalized spacial score (nSPS) is 13.6. The largest absolute Gasteiger partial charge is 0.393 e. The molecule has 0 saturated carbocycles. The molecule has 3 nitrogen and oxygen atoms in total. The van der Waals surface area contributed by atoms with E-state index in [-0.39, 0.29) is 32.3 Å². The van der Waals surface area contributed by atoms with Gasteiger partial charge in [0, 0.05) is 26.3 Å². The number of hydrogen-bond acceptors (Lipinski definition) is 3. The molecule has 167 valence electrons. The van der Waals surface area contributed by atoms with Gasteiger partial charge in [-0.25, -0.2) is 0 Å². The number of aliphatic hydroxyl groups is 2. The third kappa shape index (κ3) is 5.51. The molecule has 4 heteroatoms. The van der Waals surface area contributed by atoms with Gasteiger partial charge in [-0.2, -0.15) is 0 Å². The number of rotatable bonds is 3. The Bertz CT molecular complexity index is 1160. The van der Waals surface area contributed by atoms with Crippen LogP contribution in [0.3, 0.4) is 0 Å². The zero-order chi connectivity index (χ0) is 21.8. The van der Waals surface area contributed by atoms with E-state index in [2.05, 4.69) is 66.7 Å². The van der Waals surface area contributed by atoms with E-state index in [1.165, 1.54) is 38.6 Å². The van der Waals surface area contributed by atoms with E-state index < -0.39 is 0 Å². The van der Waals surface area contributed by atoms with Crippen molar-refractivity contribution in [3.63, 3.8) is 0 Å². The Kier molecular flexibility index (Phi) is 8.33. The molecular weight excluding hydrogens is 575 g/mol. The van der Waals surface area contributed by atoms with E-state index in [4.69, 9.17) is 15.2 Å². The first-order valence-electron chi connectivity index (χ1n) is 10.9. The smallest absolute Gasteiger partial charge is 0.0536 e. The number of aliphatic hydroxyl groups excluding tert-OH is 2. The van der Waals surface area contributed by atoms with E-state index >= 15 is 0 Å². The van der Waals surface area contributed by atoms with Gasteiger partial charge in [0.05, 0.1) is 12.2 Å². The molecule has 1 aliphatic rings. The predicted octanol–water partition coefficient (Wildman–Crippen LogP) is 5.60. The van der Waals surface area contributed by atoms with E-state index in [1.807, 2.05) is 12.3 Å². The maximum absolute atomic E-state index is 8.56. The van der Waals surface area contributed by atoms with Gasteiger partial charge in [-0.05, 0) is 60.3 Å². The average Bonchev–Trinajstić information content (AvgIpc) is 2.78.